The minimum atomic E-state index is -1.45. The third kappa shape index (κ3) is 4.41. The zero-order valence-electron chi connectivity index (χ0n) is 19.2. The van der Waals surface area contributed by atoms with Crippen molar-refractivity contribution in [3.63, 3.8) is 0 Å². The van der Waals surface area contributed by atoms with Gasteiger partial charge < -0.3 is 0 Å². The Morgan fingerprint density at radius 2 is 0.926 bits per heavy atom. The van der Waals surface area contributed by atoms with Crippen molar-refractivity contribution < 1.29 is 0 Å². The lowest BCUT2D eigenvalue weighted by atomic mass is 10.1. The van der Waals surface area contributed by atoms with Gasteiger partial charge in [-0.3, -0.25) is 0 Å². The van der Waals surface area contributed by atoms with Gasteiger partial charge in [-0.1, -0.05) is 128 Å². The molecule has 0 atom stereocenters. The van der Waals surface area contributed by atoms with E-state index in [1.165, 1.54) is 11.1 Å². The lowest BCUT2D eigenvalue weighted by Gasteiger charge is -2.53. The van der Waals surface area contributed by atoms with Gasteiger partial charge in [-0.15, -0.1) is 0 Å². The van der Waals surface area contributed by atoms with Crippen molar-refractivity contribution in [1.29, 1.82) is 0 Å². The quantitative estimate of drug-likeness (QED) is 0.465. The second kappa shape index (κ2) is 7.49. The van der Waals surface area contributed by atoms with Crippen molar-refractivity contribution in [3.05, 3.63) is 54.6 Å². The Morgan fingerprint density at radius 1 is 0.556 bits per heavy atom. The summed E-state index contributed by atoms with van der Waals surface area (Å²) in [6.45, 7) is 25.7. The molecule has 2 rings (SSSR count). The third-order valence-electron chi connectivity index (χ3n) is 7.28. The molecule has 0 aliphatic rings. The molecule has 0 heterocycles. The van der Waals surface area contributed by atoms with Gasteiger partial charge in [0.05, 0.1) is 7.83 Å². The fourth-order valence-electron chi connectivity index (χ4n) is 3.71. The van der Waals surface area contributed by atoms with Gasteiger partial charge in [0.2, 0.25) is 0 Å². The molecule has 2 aromatic rings. The van der Waals surface area contributed by atoms with Gasteiger partial charge >= 0.3 is 0 Å². The van der Waals surface area contributed by atoms with Gasteiger partial charge in [0.25, 0.3) is 0 Å². The maximum atomic E-state index is 2.67. The summed E-state index contributed by atoms with van der Waals surface area (Å²) in [4.78, 5) is 0. The second-order valence-corrected chi connectivity index (χ2v) is 33.9. The molecule has 0 aliphatic carbocycles. The molecule has 27 heavy (non-hydrogen) atoms. The number of benzene rings is 2. The fraction of sp³-hybridized carbons (Fsp3) is 0.500. The monoisotopic (exact) mass is 411 g/mol. The molecule has 0 amide bonds. The third-order valence-corrected chi connectivity index (χ3v) is 43.2. The number of rotatable bonds is 4. The fourth-order valence-corrected chi connectivity index (χ4v) is 44.0. The molecule has 0 aromatic heterocycles. The van der Waals surface area contributed by atoms with E-state index in [0.717, 1.165) is 0 Å². The summed E-state index contributed by atoms with van der Waals surface area (Å²) in [6, 6.07) is 20.5. The van der Waals surface area contributed by atoms with E-state index in [4.69, 9.17) is 0 Å². The zero-order valence-corrected chi connectivity index (χ0v) is 22.2. The zero-order chi connectivity index (χ0) is 20.7. The molecule has 0 fully saturated rings. The molecule has 0 bridgehead atoms. The Morgan fingerprint density at radius 3 is 1.30 bits per heavy atom. The van der Waals surface area contributed by atoms with Crippen molar-refractivity contribution in [2.45, 2.75) is 77.8 Å². The summed E-state index contributed by atoms with van der Waals surface area (Å²) in [5, 5.41) is 2.53. The second-order valence-electron chi connectivity index (χ2n) is 11.1. The van der Waals surface area contributed by atoms with Gasteiger partial charge in [0, 0.05) is 15.2 Å². The van der Waals surface area contributed by atoms with Gasteiger partial charge in [-0.2, -0.15) is 0 Å². The van der Waals surface area contributed by atoms with Gasteiger partial charge in [-0.25, -0.2) is 0 Å². The summed E-state index contributed by atoms with van der Waals surface area (Å²) in [7, 11) is -3.52. The van der Waals surface area contributed by atoms with Crippen LogP contribution in [0.1, 0.15) is 41.5 Å². The Hall–Kier alpha value is -0.909. The molecular weight excluding hydrogens is 373 g/mol. The van der Waals surface area contributed by atoms with Crippen LogP contribution in [0.4, 0.5) is 0 Å². The lowest BCUT2D eigenvalue weighted by molar-refractivity contribution is 0.727. The summed E-state index contributed by atoms with van der Waals surface area (Å²) in [6.07, 6.45) is 0. The average Bonchev–Trinajstić information content (AvgIpc) is 2.54. The van der Waals surface area contributed by atoms with Crippen molar-refractivity contribution in [2.75, 3.05) is 0 Å². The van der Waals surface area contributed by atoms with Crippen LogP contribution in [0.15, 0.2) is 54.6 Å². The van der Waals surface area contributed by atoms with Crippen molar-refractivity contribution in [1.82, 2.24) is 0 Å². The first-order valence-corrected chi connectivity index (χ1v) is 19.7. The molecule has 2 aromatic carbocycles. The molecule has 0 spiro atoms. The molecular formula is C24H39Si3. The topological polar surface area (TPSA) is 0 Å². The first-order valence-electron chi connectivity index (χ1n) is 10.2. The summed E-state index contributed by atoms with van der Waals surface area (Å²) >= 11 is 0. The lowest BCUT2D eigenvalue weighted by Crippen LogP contribution is -2.73. The Labute approximate surface area is 171 Å². The Bertz CT molecular complexity index is 719. The highest BCUT2D eigenvalue weighted by Gasteiger charge is 2.55. The van der Waals surface area contributed by atoms with E-state index in [0.29, 0.717) is 10.1 Å². The highest BCUT2D eigenvalue weighted by Crippen LogP contribution is 2.46. The van der Waals surface area contributed by atoms with Gasteiger partial charge in [0.15, 0.2) is 0 Å². The average molecular weight is 412 g/mol. The molecule has 147 valence electrons. The van der Waals surface area contributed by atoms with Crippen LogP contribution in [0.25, 0.3) is 11.1 Å². The molecule has 0 N–H and O–H groups in total. The van der Waals surface area contributed by atoms with Crippen LogP contribution in [0.5, 0.6) is 0 Å². The first-order chi connectivity index (χ1) is 12.2. The molecule has 1 radical (unpaired) electrons. The van der Waals surface area contributed by atoms with E-state index in [2.05, 4.69) is 122 Å². The van der Waals surface area contributed by atoms with E-state index >= 15 is 0 Å². The minimum Gasteiger partial charge on any atom is -0.0710 e. The molecule has 0 nitrogen and oxygen atoms in total. The number of hydrogen-bond donors (Lipinski definition) is 0. The highest BCUT2D eigenvalue weighted by atomic mass is 29.6. The SMILES string of the molecule is CC(C)(C)[Si](C)(C)[Si](c1ccc(-c2ccccc2)cc1)[Si](C)(C)C(C)(C)C. The maximum Gasteiger partial charge on any atom is 0.0712 e. The summed E-state index contributed by atoms with van der Waals surface area (Å²) in [5.41, 5.74) is 2.66. The predicted molar refractivity (Wildman–Crippen MR) is 132 cm³/mol. The Kier molecular flexibility index (Phi) is 6.21. The van der Waals surface area contributed by atoms with E-state index in [-0.39, 0.29) is 0 Å². The normalized spacial score (nSPS) is 13.9. The van der Waals surface area contributed by atoms with Gasteiger partial charge in [0.1, 0.15) is 0 Å². The van der Waals surface area contributed by atoms with Crippen LogP contribution in [-0.2, 0) is 0 Å². The summed E-state index contributed by atoms with van der Waals surface area (Å²) < 4.78 is 0. The predicted octanol–water partition coefficient (Wildman–Crippen LogP) is 7.23. The first kappa shape index (κ1) is 22.4. The van der Waals surface area contributed by atoms with E-state index < -0.39 is 23.0 Å². The van der Waals surface area contributed by atoms with Crippen molar-refractivity contribution >= 4 is 28.2 Å². The molecule has 0 saturated carbocycles. The Balaban J connectivity index is 2.58. The summed E-state index contributed by atoms with van der Waals surface area (Å²) in [5.74, 6) is 0. The van der Waals surface area contributed by atoms with Crippen molar-refractivity contribution in [3.8, 4) is 11.1 Å². The van der Waals surface area contributed by atoms with Crippen LogP contribution in [0.2, 0.25) is 36.3 Å². The maximum absolute atomic E-state index is 2.67. The van der Waals surface area contributed by atoms with Crippen LogP contribution in [-0.4, -0.2) is 23.0 Å². The highest BCUT2D eigenvalue weighted by molar-refractivity contribution is 7.65. The molecule has 0 unspecified atom stereocenters. The van der Waals surface area contributed by atoms with E-state index in [1.807, 2.05) is 0 Å². The molecule has 0 aliphatic heterocycles. The molecule has 3 heteroatoms. The van der Waals surface area contributed by atoms with Crippen LogP contribution < -0.4 is 5.19 Å². The number of hydrogen-bond acceptors (Lipinski definition) is 0. The van der Waals surface area contributed by atoms with Crippen LogP contribution in [0, 0.1) is 0 Å². The van der Waals surface area contributed by atoms with Crippen molar-refractivity contribution in [2.24, 2.45) is 0 Å². The van der Waals surface area contributed by atoms with E-state index in [1.54, 1.807) is 5.19 Å². The van der Waals surface area contributed by atoms with Crippen LogP contribution in [0.3, 0.4) is 0 Å². The standard InChI is InChI=1S/C24H39Si3/c1-23(2,3)26(7,8)25(27(9,10)24(4,5)6)22-18-16-21(17-19-22)20-14-12-11-13-15-20/h11-19H,1-10H3. The molecule has 0 saturated heterocycles. The largest absolute Gasteiger partial charge is 0.0712 e. The smallest absolute Gasteiger partial charge is 0.0710 e. The minimum absolute atomic E-state index is 0.426. The van der Waals surface area contributed by atoms with Gasteiger partial charge in [-0.05, 0) is 21.2 Å². The van der Waals surface area contributed by atoms with E-state index in [9.17, 15) is 0 Å². The van der Waals surface area contributed by atoms with Crippen LogP contribution >= 0.6 is 0 Å².